The molecule has 6 heteroatoms. The van der Waals surface area contributed by atoms with Crippen molar-refractivity contribution in [2.24, 2.45) is 4.99 Å². The smallest absolute Gasteiger partial charge is 0.222 e. The van der Waals surface area contributed by atoms with Gasteiger partial charge in [0.2, 0.25) is 5.91 Å². The highest BCUT2D eigenvalue weighted by atomic mass is 35.5. The minimum Gasteiger partial charge on any atom is -0.357 e. The molecule has 0 bridgehead atoms. The molecule has 2 N–H and O–H groups in total. The topological polar surface area (TPSA) is 56.7 Å². The molecular weight excluding hydrogens is 348 g/mol. The molecule has 1 amide bonds. The highest BCUT2D eigenvalue weighted by Gasteiger charge is 2.26. The van der Waals surface area contributed by atoms with Gasteiger partial charge in [0.25, 0.3) is 0 Å². The summed E-state index contributed by atoms with van der Waals surface area (Å²) in [7, 11) is 0. The summed E-state index contributed by atoms with van der Waals surface area (Å²) in [6.45, 7) is 7.41. The fraction of sp³-hybridized carbons (Fsp3) is 0.600. The Morgan fingerprint density at radius 1 is 1.31 bits per heavy atom. The van der Waals surface area contributed by atoms with Gasteiger partial charge in [-0.05, 0) is 44.2 Å². The van der Waals surface area contributed by atoms with Crippen molar-refractivity contribution in [3.63, 3.8) is 0 Å². The maximum Gasteiger partial charge on any atom is 0.222 e. The minimum absolute atomic E-state index is 0.297. The van der Waals surface area contributed by atoms with Gasteiger partial charge < -0.3 is 15.5 Å². The summed E-state index contributed by atoms with van der Waals surface area (Å²) in [6.07, 6.45) is 4.43. The van der Waals surface area contributed by atoms with E-state index in [9.17, 15) is 4.79 Å². The summed E-state index contributed by atoms with van der Waals surface area (Å²) in [4.78, 5) is 18.6. The maximum absolute atomic E-state index is 11.9. The fourth-order valence-corrected chi connectivity index (χ4v) is 3.55. The molecule has 144 valence electrons. The number of amides is 1. The van der Waals surface area contributed by atoms with Crippen LogP contribution in [0.15, 0.2) is 29.3 Å². The van der Waals surface area contributed by atoms with Crippen molar-refractivity contribution in [2.75, 3.05) is 26.2 Å². The number of nitrogens with one attached hydrogen (secondary N) is 2. The van der Waals surface area contributed by atoms with Crippen molar-refractivity contribution in [3.8, 4) is 0 Å². The first-order valence-corrected chi connectivity index (χ1v) is 10.1. The van der Waals surface area contributed by atoms with Gasteiger partial charge in [0, 0.05) is 43.7 Å². The van der Waals surface area contributed by atoms with Crippen molar-refractivity contribution in [3.05, 3.63) is 34.9 Å². The summed E-state index contributed by atoms with van der Waals surface area (Å²) in [5.41, 5.74) is 1.14. The molecule has 1 atom stereocenters. The molecule has 0 aliphatic carbocycles. The predicted octanol–water partition coefficient (Wildman–Crippen LogP) is 3.23. The number of rotatable bonds is 9. The highest BCUT2D eigenvalue weighted by molar-refractivity contribution is 6.31. The highest BCUT2D eigenvalue weighted by Crippen LogP contribution is 2.18. The molecule has 26 heavy (non-hydrogen) atoms. The molecule has 0 spiro atoms. The summed E-state index contributed by atoms with van der Waals surface area (Å²) < 4.78 is 0. The van der Waals surface area contributed by atoms with E-state index in [0.717, 1.165) is 61.9 Å². The normalized spacial score (nSPS) is 16.0. The first-order chi connectivity index (χ1) is 12.7. The number of hydrogen-bond acceptors (Lipinski definition) is 2. The third kappa shape index (κ3) is 6.20. The molecule has 0 radical (unpaired) electrons. The maximum atomic E-state index is 11.9. The van der Waals surface area contributed by atoms with Crippen molar-refractivity contribution in [2.45, 2.75) is 52.0 Å². The van der Waals surface area contributed by atoms with Crippen LogP contribution >= 0.6 is 11.6 Å². The molecule has 1 fully saturated rings. The molecule has 5 nitrogen and oxygen atoms in total. The van der Waals surface area contributed by atoms with Crippen LogP contribution in [0.1, 0.15) is 45.1 Å². The molecule has 0 aromatic heterocycles. The lowest BCUT2D eigenvalue weighted by Crippen LogP contribution is -2.39. The SMILES string of the molecule is CCNC(=NCCC(CC)N1CCCC1=O)NCCc1ccccc1Cl. The lowest BCUT2D eigenvalue weighted by atomic mass is 10.1. The monoisotopic (exact) mass is 378 g/mol. The van der Waals surface area contributed by atoms with Crippen LogP contribution in [-0.2, 0) is 11.2 Å². The third-order valence-corrected chi connectivity index (χ3v) is 5.11. The van der Waals surface area contributed by atoms with Crippen LogP contribution in [0, 0.1) is 0 Å². The molecule has 2 rings (SSSR count). The number of aliphatic imine (C=N–C) groups is 1. The van der Waals surface area contributed by atoms with Gasteiger partial charge in [-0.25, -0.2) is 0 Å². The second-order valence-electron chi connectivity index (χ2n) is 6.57. The number of likely N-dealkylation sites (tertiary alicyclic amines) is 1. The Morgan fingerprint density at radius 2 is 2.12 bits per heavy atom. The predicted molar refractivity (Wildman–Crippen MR) is 109 cm³/mol. The van der Waals surface area contributed by atoms with Gasteiger partial charge >= 0.3 is 0 Å². The third-order valence-electron chi connectivity index (χ3n) is 4.74. The Hall–Kier alpha value is -1.75. The molecule has 1 aliphatic heterocycles. The number of guanidine groups is 1. The van der Waals surface area contributed by atoms with Gasteiger partial charge in [0.1, 0.15) is 0 Å². The van der Waals surface area contributed by atoms with Gasteiger partial charge in [-0.3, -0.25) is 9.79 Å². The van der Waals surface area contributed by atoms with E-state index < -0.39 is 0 Å². The Balaban J connectivity index is 1.81. The Morgan fingerprint density at radius 3 is 2.77 bits per heavy atom. The first-order valence-electron chi connectivity index (χ1n) is 9.70. The van der Waals surface area contributed by atoms with Crippen LogP contribution in [0.2, 0.25) is 5.02 Å². The van der Waals surface area contributed by atoms with Crippen LogP contribution in [-0.4, -0.2) is 49.0 Å². The van der Waals surface area contributed by atoms with Crippen molar-refractivity contribution >= 4 is 23.5 Å². The van der Waals surface area contributed by atoms with E-state index in [-0.39, 0.29) is 0 Å². The molecule has 1 heterocycles. The number of carbonyl (C=O) groups excluding carboxylic acids is 1. The lowest BCUT2D eigenvalue weighted by molar-refractivity contribution is -0.129. The van der Waals surface area contributed by atoms with Gasteiger partial charge in [-0.2, -0.15) is 0 Å². The van der Waals surface area contributed by atoms with Crippen LogP contribution in [0.4, 0.5) is 0 Å². The second-order valence-corrected chi connectivity index (χ2v) is 6.98. The molecule has 0 saturated carbocycles. The van der Waals surface area contributed by atoms with Crippen LogP contribution in [0.25, 0.3) is 0 Å². The molecular formula is C20H31ClN4O. The quantitative estimate of drug-likeness (QED) is 0.512. The van der Waals surface area contributed by atoms with E-state index in [1.54, 1.807) is 0 Å². The minimum atomic E-state index is 0.297. The van der Waals surface area contributed by atoms with E-state index in [0.29, 0.717) is 24.9 Å². The molecule has 1 unspecified atom stereocenters. The molecule has 1 aromatic carbocycles. The fourth-order valence-electron chi connectivity index (χ4n) is 3.32. The number of halogens is 1. The number of nitrogens with zero attached hydrogens (tertiary/aromatic N) is 2. The summed E-state index contributed by atoms with van der Waals surface area (Å²) in [5, 5.41) is 7.45. The molecule has 1 aliphatic rings. The Kier molecular flexibility index (Phi) is 8.75. The van der Waals surface area contributed by atoms with Crippen molar-refractivity contribution < 1.29 is 4.79 Å². The van der Waals surface area contributed by atoms with E-state index in [2.05, 4.69) is 29.5 Å². The zero-order chi connectivity index (χ0) is 18.8. The summed E-state index contributed by atoms with van der Waals surface area (Å²) in [5.74, 6) is 1.12. The van der Waals surface area contributed by atoms with Crippen LogP contribution in [0.3, 0.4) is 0 Å². The summed E-state index contributed by atoms with van der Waals surface area (Å²) >= 11 is 6.20. The molecule has 1 aromatic rings. The zero-order valence-electron chi connectivity index (χ0n) is 15.9. The Bertz CT molecular complexity index is 605. The largest absolute Gasteiger partial charge is 0.357 e. The molecule has 1 saturated heterocycles. The van der Waals surface area contributed by atoms with Gasteiger partial charge in [0.05, 0.1) is 0 Å². The second kappa shape index (κ2) is 11.1. The number of hydrogen-bond donors (Lipinski definition) is 2. The Labute approximate surface area is 162 Å². The number of carbonyl (C=O) groups is 1. The number of benzene rings is 1. The van der Waals surface area contributed by atoms with E-state index in [1.165, 1.54) is 0 Å². The van der Waals surface area contributed by atoms with Crippen molar-refractivity contribution in [1.82, 2.24) is 15.5 Å². The van der Waals surface area contributed by atoms with Gasteiger partial charge in [-0.15, -0.1) is 0 Å². The van der Waals surface area contributed by atoms with E-state index in [1.807, 2.05) is 29.2 Å². The standard InChI is InChI=1S/C20H31ClN4O/c1-3-17(25-15-7-10-19(25)26)12-14-24-20(22-4-2)23-13-11-16-8-5-6-9-18(16)21/h5-6,8-9,17H,3-4,7,10-15H2,1-2H3,(H2,22,23,24). The first kappa shape index (κ1) is 20.6. The summed E-state index contributed by atoms with van der Waals surface area (Å²) in [6, 6.07) is 8.22. The van der Waals surface area contributed by atoms with Gasteiger partial charge in [0.15, 0.2) is 5.96 Å². The average molecular weight is 379 g/mol. The lowest BCUT2D eigenvalue weighted by Gasteiger charge is -2.26. The van der Waals surface area contributed by atoms with E-state index >= 15 is 0 Å². The van der Waals surface area contributed by atoms with Crippen molar-refractivity contribution in [1.29, 1.82) is 0 Å². The van der Waals surface area contributed by atoms with Crippen LogP contribution in [0.5, 0.6) is 0 Å². The van der Waals surface area contributed by atoms with Gasteiger partial charge in [-0.1, -0.05) is 36.7 Å². The zero-order valence-corrected chi connectivity index (χ0v) is 16.7. The average Bonchev–Trinajstić information content (AvgIpc) is 3.06. The van der Waals surface area contributed by atoms with Crippen LogP contribution < -0.4 is 10.6 Å². The van der Waals surface area contributed by atoms with E-state index in [4.69, 9.17) is 11.6 Å².